The first-order chi connectivity index (χ1) is 18.7. The van der Waals surface area contributed by atoms with Crippen LogP contribution >= 0.6 is 15.9 Å². The third kappa shape index (κ3) is 5.25. The molecule has 0 radical (unpaired) electrons. The molecule has 2 fully saturated rings. The lowest BCUT2D eigenvalue weighted by Crippen LogP contribution is -2.45. The molecule has 212 valence electrons. The van der Waals surface area contributed by atoms with Gasteiger partial charge < -0.3 is 10.1 Å². The van der Waals surface area contributed by atoms with Crippen molar-refractivity contribution in [2.24, 2.45) is 0 Å². The van der Waals surface area contributed by atoms with Crippen molar-refractivity contribution < 1.29 is 18.7 Å². The Morgan fingerprint density at radius 3 is 2.45 bits per heavy atom. The minimum absolute atomic E-state index is 0.0518. The first kappa shape index (κ1) is 28.3. The van der Waals surface area contributed by atoms with Crippen LogP contribution in [0.1, 0.15) is 79.9 Å². The van der Waals surface area contributed by atoms with Crippen molar-refractivity contribution in [2.45, 2.75) is 90.3 Å². The van der Waals surface area contributed by atoms with Gasteiger partial charge in [-0.15, -0.1) is 5.10 Å². The number of amides is 2. The van der Waals surface area contributed by atoms with E-state index in [4.69, 9.17) is 4.74 Å². The molecule has 2 aliphatic carbocycles. The zero-order valence-electron chi connectivity index (χ0n) is 23.7. The first-order valence-electron chi connectivity index (χ1n) is 13.5. The average molecular weight is 613 g/mol. The molecule has 2 bridgehead atoms. The van der Waals surface area contributed by atoms with Crippen LogP contribution in [0.3, 0.4) is 0 Å². The smallest absolute Gasteiger partial charge is 0.412 e. The fourth-order valence-corrected chi connectivity index (χ4v) is 6.62. The summed E-state index contributed by atoms with van der Waals surface area (Å²) in [6.45, 7) is 11.3. The van der Waals surface area contributed by atoms with E-state index in [1.54, 1.807) is 27.0 Å². The van der Waals surface area contributed by atoms with Gasteiger partial charge in [-0.05, 0) is 109 Å². The highest BCUT2D eigenvalue weighted by Gasteiger charge is 2.56. The third-order valence-electron chi connectivity index (χ3n) is 8.16. The van der Waals surface area contributed by atoms with Crippen LogP contribution in [0.4, 0.5) is 14.9 Å². The number of nitrogens with one attached hydrogen (secondary N) is 2. The second-order valence-corrected chi connectivity index (χ2v) is 13.1. The Kier molecular flexibility index (Phi) is 7.05. The molecule has 0 atom stereocenters. The molecule has 2 saturated carbocycles. The topological polar surface area (TPSA) is 98.1 Å². The SMILES string of the molecule is Cc1cc(C)c(C(=O)NC23CCC(n4cc(-c5cc(NC(=O)OC(C)(C)C)ccc5F)nn4)(CC2)C3)c(C)c1Br. The molecule has 10 heteroatoms. The number of hydrogen-bond donors (Lipinski definition) is 2. The zero-order chi connectivity index (χ0) is 29.0. The van der Waals surface area contributed by atoms with Crippen LogP contribution in [0.2, 0.25) is 0 Å². The van der Waals surface area contributed by atoms with Crippen LogP contribution in [0.25, 0.3) is 11.3 Å². The Labute approximate surface area is 242 Å². The molecule has 3 aromatic rings. The summed E-state index contributed by atoms with van der Waals surface area (Å²) in [7, 11) is 0. The lowest BCUT2D eigenvalue weighted by Gasteiger charge is -2.29. The van der Waals surface area contributed by atoms with Gasteiger partial charge in [0.2, 0.25) is 0 Å². The number of carbonyl (C=O) groups excluding carboxylic acids is 2. The van der Waals surface area contributed by atoms with Gasteiger partial charge in [-0.1, -0.05) is 27.2 Å². The summed E-state index contributed by atoms with van der Waals surface area (Å²) in [6, 6.07) is 6.33. The Morgan fingerprint density at radius 2 is 1.77 bits per heavy atom. The number of anilines is 1. The van der Waals surface area contributed by atoms with Crippen molar-refractivity contribution in [3.8, 4) is 11.3 Å². The molecule has 8 nitrogen and oxygen atoms in total. The molecule has 1 aromatic heterocycles. The Balaban J connectivity index is 1.34. The van der Waals surface area contributed by atoms with E-state index in [9.17, 15) is 14.0 Å². The first-order valence-corrected chi connectivity index (χ1v) is 14.3. The third-order valence-corrected chi connectivity index (χ3v) is 9.38. The Morgan fingerprint density at radius 1 is 1.07 bits per heavy atom. The molecule has 2 aliphatic rings. The average Bonchev–Trinajstić information content (AvgIpc) is 3.57. The second-order valence-electron chi connectivity index (χ2n) is 12.3. The lowest BCUT2D eigenvalue weighted by molar-refractivity contribution is 0.0635. The Hall–Kier alpha value is -3.27. The van der Waals surface area contributed by atoms with Crippen molar-refractivity contribution in [3.63, 3.8) is 0 Å². The molecule has 0 aliphatic heterocycles. The zero-order valence-corrected chi connectivity index (χ0v) is 25.3. The summed E-state index contributed by atoms with van der Waals surface area (Å²) in [4.78, 5) is 25.7. The molecule has 1 heterocycles. The van der Waals surface area contributed by atoms with E-state index >= 15 is 0 Å². The fraction of sp³-hybridized carbons (Fsp3) is 0.467. The van der Waals surface area contributed by atoms with E-state index < -0.39 is 17.5 Å². The highest BCUT2D eigenvalue weighted by molar-refractivity contribution is 9.10. The summed E-state index contributed by atoms with van der Waals surface area (Å²) >= 11 is 3.62. The van der Waals surface area contributed by atoms with E-state index in [-0.39, 0.29) is 22.5 Å². The lowest BCUT2D eigenvalue weighted by atomic mass is 9.90. The molecule has 40 heavy (non-hydrogen) atoms. The van der Waals surface area contributed by atoms with Crippen molar-refractivity contribution in [3.05, 3.63) is 63.0 Å². The number of halogens is 2. The molecule has 2 amide bonds. The predicted octanol–water partition coefficient (Wildman–Crippen LogP) is 6.96. The number of hydrogen-bond acceptors (Lipinski definition) is 5. The van der Waals surface area contributed by atoms with E-state index in [2.05, 4.69) is 36.9 Å². The van der Waals surface area contributed by atoms with Crippen molar-refractivity contribution >= 4 is 33.6 Å². The molecule has 0 spiro atoms. The van der Waals surface area contributed by atoms with Gasteiger partial charge in [0, 0.05) is 26.8 Å². The van der Waals surface area contributed by atoms with Gasteiger partial charge in [-0.2, -0.15) is 0 Å². The summed E-state index contributed by atoms with van der Waals surface area (Å²) in [5.41, 5.74) is 3.48. The standard InChI is InChI=1S/C30H35BrFN5O3/c1-17-13-18(2)25(31)19(3)24(17)26(38)34-29-9-11-30(16-29,12-10-29)37-15-23(35-36-37)21-14-20(7-8-22(21)32)33-27(39)40-28(4,5)6/h7-8,13-15H,9-12,16H2,1-6H3,(H,33,39)(H,34,38). The van der Waals surface area contributed by atoms with Crippen molar-refractivity contribution in [1.29, 1.82) is 0 Å². The van der Waals surface area contributed by atoms with Crippen LogP contribution < -0.4 is 10.6 Å². The van der Waals surface area contributed by atoms with Gasteiger partial charge >= 0.3 is 6.09 Å². The van der Waals surface area contributed by atoms with Gasteiger partial charge in [-0.3, -0.25) is 10.1 Å². The molecule has 2 N–H and O–H groups in total. The number of aryl methyl sites for hydroxylation is 2. The predicted molar refractivity (Wildman–Crippen MR) is 155 cm³/mol. The van der Waals surface area contributed by atoms with E-state index in [1.165, 1.54) is 18.2 Å². The van der Waals surface area contributed by atoms with Gasteiger partial charge in [0.1, 0.15) is 17.1 Å². The van der Waals surface area contributed by atoms with E-state index in [0.717, 1.165) is 58.8 Å². The minimum atomic E-state index is -0.652. The van der Waals surface area contributed by atoms with Crippen molar-refractivity contribution in [1.82, 2.24) is 20.3 Å². The van der Waals surface area contributed by atoms with E-state index in [1.807, 2.05) is 31.5 Å². The monoisotopic (exact) mass is 611 g/mol. The van der Waals surface area contributed by atoms with Gasteiger partial charge in [0.25, 0.3) is 5.91 Å². The van der Waals surface area contributed by atoms with Gasteiger partial charge in [0.15, 0.2) is 0 Å². The van der Waals surface area contributed by atoms with Crippen LogP contribution in [-0.2, 0) is 10.3 Å². The number of nitrogens with zero attached hydrogens (tertiary/aromatic N) is 3. The highest BCUT2D eigenvalue weighted by atomic mass is 79.9. The maximum absolute atomic E-state index is 14.8. The second kappa shape index (κ2) is 9.98. The summed E-state index contributed by atoms with van der Waals surface area (Å²) in [5.74, 6) is -0.516. The fourth-order valence-electron chi connectivity index (χ4n) is 6.31. The van der Waals surface area contributed by atoms with Crippen LogP contribution in [0.15, 0.2) is 34.9 Å². The Bertz CT molecular complexity index is 1500. The minimum Gasteiger partial charge on any atom is -0.444 e. The molecule has 0 saturated heterocycles. The van der Waals surface area contributed by atoms with Crippen LogP contribution in [0, 0.1) is 26.6 Å². The molecule has 5 rings (SSSR count). The summed E-state index contributed by atoms with van der Waals surface area (Å²) < 4.78 is 23.0. The van der Waals surface area contributed by atoms with Gasteiger partial charge in [0.05, 0.1) is 11.7 Å². The molecule has 0 unspecified atom stereocenters. The molecule has 2 aromatic carbocycles. The van der Waals surface area contributed by atoms with Crippen molar-refractivity contribution in [2.75, 3.05) is 5.32 Å². The maximum atomic E-state index is 14.8. The van der Waals surface area contributed by atoms with Crippen LogP contribution in [-0.4, -0.2) is 38.1 Å². The number of aromatic nitrogens is 3. The molecular weight excluding hydrogens is 577 g/mol. The van der Waals surface area contributed by atoms with E-state index in [0.29, 0.717) is 11.4 Å². The number of carbonyl (C=O) groups is 2. The summed E-state index contributed by atoms with van der Waals surface area (Å²) in [5, 5.41) is 14.7. The number of ether oxygens (including phenoxy) is 1. The van der Waals surface area contributed by atoms with Crippen LogP contribution in [0.5, 0.6) is 0 Å². The highest BCUT2D eigenvalue weighted by Crippen LogP contribution is 2.55. The molecular formula is C30H35BrFN5O3. The maximum Gasteiger partial charge on any atom is 0.412 e. The largest absolute Gasteiger partial charge is 0.444 e. The summed E-state index contributed by atoms with van der Waals surface area (Å²) in [6.07, 6.45) is 5.24. The quantitative estimate of drug-likeness (QED) is 0.325. The number of fused-ring (bicyclic) bond motifs is 2. The number of benzene rings is 2. The van der Waals surface area contributed by atoms with Gasteiger partial charge in [-0.25, -0.2) is 13.9 Å². The normalized spacial score (nSPS) is 21.9. The number of rotatable bonds is 5.